The lowest BCUT2D eigenvalue weighted by Crippen LogP contribution is -2.55. The molecule has 1 aliphatic carbocycles. The molecule has 1 N–H and O–H groups in total. The molecule has 0 aliphatic heterocycles. The van der Waals surface area contributed by atoms with Crippen LogP contribution >= 0.6 is 27.5 Å². The normalized spacial score (nSPS) is 14.5. The number of halogens is 2. The first kappa shape index (κ1) is 32.8. The molecule has 0 aromatic heterocycles. The van der Waals surface area contributed by atoms with Crippen LogP contribution in [0.2, 0.25) is 5.02 Å². The van der Waals surface area contributed by atoms with Crippen molar-refractivity contribution in [3.05, 3.63) is 93.4 Å². The second kappa shape index (κ2) is 15.1. The van der Waals surface area contributed by atoms with Crippen LogP contribution in [-0.4, -0.2) is 57.1 Å². The Bertz CT molecular complexity index is 1500. The van der Waals surface area contributed by atoms with Crippen molar-refractivity contribution >= 4 is 55.1 Å². The second-order valence-corrected chi connectivity index (χ2v) is 14.0. The van der Waals surface area contributed by atoms with Gasteiger partial charge in [-0.3, -0.25) is 13.9 Å². The Hall–Kier alpha value is -3.08. The molecule has 0 spiro atoms. The van der Waals surface area contributed by atoms with Gasteiger partial charge in [0.25, 0.3) is 0 Å². The highest BCUT2D eigenvalue weighted by Crippen LogP contribution is 2.33. The fraction of sp³-hybridized carbons (Fsp3) is 0.375. The third kappa shape index (κ3) is 9.20. The van der Waals surface area contributed by atoms with E-state index in [9.17, 15) is 18.0 Å². The van der Waals surface area contributed by atoms with Crippen LogP contribution in [0, 0.1) is 0 Å². The molecule has 0 unspecified atom stereocenters. The van der Waals surface area contributed by atoms with E-state index >= 15 is 0 Å². The summed E-state index contributed by atoms with van der Waals surface area (Å²) in [5, 5.41) is 3.49. The lowest BCUT2D eigenvalue weighted by atomic mass is 9.94. The quantitative estimate of drug-likeness (QED) is 0.253. The highest BCUT2D eigenvalue weighted by atomic mass is 79.9. The predicted molar refractivity (Wildman–Crippen MR) is 174 cm³/mol. The number of sulfonamides is 1. The number of anilines is 1. The smallest absolute Gasteiger partial charge is 0.244 e. The van der Waals surface area contributed by atoms with Crippen molar-refractivity contribution in [2.75, 3.05) is 24.2 Å². The van der Waals surface area contributed by atoms with Gasteiger partial charge >= 0.3 is 0 Å². The zero-order valence-electron chi connectivity index (χ0n) is 24.3. The van der Waals surface area contributed by atoms with Gasteiger partial charge in [0, 0.05) is 28.5 Å². The fourth-order valence-corrected chi connectivity index (χ4v) is 6.61. The van der Waals surface area contributed by atoms with Crippen molar-refractivity contribution in [2.45, 2.75) is 57.2 Å². The van der Waals surface area contributed by atoms with Crippen molar-refractivity contribution in [1.82, 2.24) is 10.2 Å². The van der Waals surface area contributed by atoms with E-state index < -0.39 is 28.5 Å². The van der Waals surface area contributed by atoms with Crippen LogP contribution in [0.25, 0.3) is 0 Å². The molecule has 11 heteroatoms. The van der Waals surface area contributed by atoms with E-state index in [1.165, 1.54) is 18.1 Å². The molecule has 1 aliphatic rings. The summed E-state index contributed by atoms with van der Waals surface area (Å²) >= 11 is 9.68. The van der Waals surface area contributed by atoms with Crippen molar-refractivity contribution in [2.24, 2.45) is 0 Å². The van der Waals surface area contributed by atoms with E-state index in [-0.39, 0.29) is 41.4 Å². The van der Waals surface area contributed by atoms with Crippen molar-refractivity contribution in [3.8, 4) is 5.75 Å². The topological polar surface area (TPSA) is 96.0 Å². The second-order valence-electron chi connectivity index (χ2n) is 10.8. The number of ether oxygens (including phenoxy) is 1. The van der Waals surface area contributed by atoms with E-state index in [0.717, 1.165) is 58.3 Å². The maximum atomic E-state index is 14.3. The number of amides is 2. The average Bonchev–Trinajstić information content (AvgIpc) is 2.99. The molecule has 1 atom stereocenters. The minimum atomic E-state index is -3.96. The van der Waals surface area contributed by atoms with Gasteiger partial charge in [-0.2, -0.15) is 0 Å². The lowest BCUT2D eigenvalue weighted by Gasteiger charge is -2.35. The summed E-state index contributed by atoms with van der Waals surface area (Å²) in [5.74, 6) is -0.541. The maximum Gasteiger partial charge on any atom is 0.244 e. The molecule has 0 radical (unpaired) electrons. The summed E-state index contributed by atoms with van der Waals surface area (Å²) in [4.78, 5) is 29.8. The molecule has 3 aromatic rings. The molecule has 1 fully saturated rings. The van der Waals surface area contributed by atoms with Crippen molar-refractivity contribution in [3.63, 3.8) is 0 Å². The number of hydrogen-bond donors (Lipinski definition) is 1. The van der Waals surface area contributed by atoms with Gasteiger partial charge in [-0.15, -0.1) is 0 Å². The molecular formula is C32H37BrClN3O5S. The third-order valence-corrected chi connectivity index (χ3v) is 9.47. The van der Waals surface area contributed by atoms with E-state index in [4.69, 9.17) is 16.3 Å². The molecule has 3 aromatic carbocycles. The molecule has 0 heterocycles. The number of rotatable bonds is 12. The molecule has 230 valence electrons. The molecule has 8 nitrogen and oxygen atoms in total. The monoisotopic (exact) mass is 689 g/mol. The van der Waals surface area contributed by atoms with Crippen LogP contribution in [0.5, 0.6) is 5.75 Å². The fourth-order valence-electron chi connectivity index (χ4n) is 5.34. The summed E-state index contributed by atoms with van der Waals surface area (Å²) in [6.45, 7) is -0.444. The molecular weight excluding hydrogens is 654 g/mol. The number of benzene rings is 3. The Labute approximate surface area is 267 Å². The summed E-state index contributed by atoms with van der Waals surface area (Å²) in [6.07, 6.45) is 6.29. The molecule has 4 rings (SSSR count). The largest absolute Gasteiger partial charge is 0.495 e. The Morgan fingerprint density at radius 3 is 2.30 bits per heavy atom. The number of hydrogen-bond acceptors (Lipinski definition) is 5. The Morgan fingerprint density at radius 1 is 1.00 bits per heavy atom. The molecule has 1 saturated carbocycles. The van der Waals surface area contributed by atoms with Crippen LogP contribution in [0.4, 0.5) is 5.69 Å². The standard InChI is InChI=1S/C32H37BrClN3O5S/c1-42-30-18-17-26(34)20-28(30)37(43(2,40)41)22-31(38)36(21-24-13-15-25(33)16-14-24)29(19-23-9-5-3-6-10-23)32(39)35-27-11-7-4-8-12-27/h3,5-6,9-10,13-18,20,27,29H,4,7-8,11-12,19,21-22H2,1-2H3,(H,35,39)/t29-/m1/s1. The van der Waals surface area contributed by atoms with E-state index in [2.05, 4.69) is 21.2 Å². The number of nitrogens with zero attached hydrogens (tertiary/aromatic N) is 2. The summed E-state index contributed by atoms with van der Waals surface area (Å²) in [5.41, 5.74) is 1.82. The summed E-state index contributed by atoms with van der Waals surface area (Å²) in [7, 11) is -2.54. The lowest BCUT2D eigenvalue weighted by molar-refractivity contribution is -0.140. The average molecular weight is 691 g/mol. The molecule has 0 bridgehead atoms. The number of methoxy groups -OCH3 is 1. The Morgan fingerprint density at radius 2 is 1.67 bits per heavy atom. The zero-order chi connectivity index (χ0) is 31.0. The minimum absolute atomic E-state index is 0.0346. The van der Waals surface area contributed by atoms with Crippen molar-refractivity contribution < 1.29 is 22.7 Å². The van der Waals surface area contributed by atoms with Crippen LogP contribution in [0.3, 0.4) is 0 Å². The van der Waals surface area contributed by atoms with Crippen molar-refractivity contribution in [1.29, 1.82) is 0 Å². The van der Waals surface area contributed by atoms with Gasteiger partial charge in [0.1, 0.15) is 18.3 Å². The zero-order valence-corrected chi connectivity index (χ0v) is 27.5. The van der Waals surface area contributed by atoms with Crippen LogP contribution < -0.4 is 14.4 Å². The predicted octanol–water partition coefficient (Wildman–Crippen LogP) is 5.97. The highest BCUT2D eigenvalue weighted by Gasteiger charge is 2.34. The summed E-state index contributed by atoms with van der Waals surface area (Å²) in [6, 6.07) is 20.7. The number of carbonyl (C=O) groups excluding carboxylic acids is 2. The number of carbonyl (C=O) groups is 2. The maximum absolute atomic E-state index is 14.3. The van der Waals surface area contributed by atoms with Crippen LogP contribution in [-0.2, 0) is 32.6 Å². The molecule has 43 heavy (non-hydrogen) atoms. The van der Waals surface area contributed by atoms with Crippen LogP contribution in [0.15, 0.2) is 77.3 Å². The third-order valence-electron chi connectivity index (χ3n) is 7.58. The molecule has 2 amide bonds. The van der Waals surface area contributed by atoms with E-state index in [1.807, 2.05) is 54.6 Å². The van der Waals surface area contributed by atoms with Gasteiger partial charge in [0.05, 0.1) is 19.1 Å². The van der Waals surface area contributed by atoms with Gasteiger partial charge in [-0.1, -0.05) is 89.3 Å². The molecule has 0 saturated heterocycles. The summed E-state index contributed by atoms with van der Waals surface area (Å²) < 4.78 is 33.5. The Kier molecular flexibility index (Phi) is 11.5. The first-order valence-corrected chi connectivity index (χ1v) is 17.3. The van der Waals surface area contributed by atoms with Gasteiger partial charge in [-0.25, -0.2) is 8.42 Å². The van der Waals surface area contributed by atoms with E-state index in [1.54, 1.807) is 12.1 Å². The first-order valence-electron chi connectivity index (χ1n) is 14.2. The highest BCUT2D eigenvalue weighted by molar-refractivity contribution is 9.10. The minimum Gasteiger partial charge on any atom is -0.495 e. The van der Waals surface area contributed by atoms with Gasteiger partial charge < -0.3 is 15.0 Å². The van der Waals surface area contributed by atoms with E-state index in [0.29, 0.717) is 0 Å². The first-order chi connectivity index (χ1) is 20.5. The van der Waals surface area contributed by atoms with Crippen LogP contribution in [0.1, 0.15) is 43.2 Å². The van der Waals surface area contributed by atoms with Gasteiger partial charge in [0.2, 0.25) is 21.8 Å². The van der Waals surface area contributed by atoms with Gasteiger partial charge in [0.15, 0.2) is 0 Å². The Balaban J connectivity index is 1.75. The van der Waals surface area contributed by atoms with Gasteiger partial charge in [-0.05, 0) is 54.3 Å². The number of nitrogens with one attached hydrogen (secondary N) is 1. The SMILES string of the molecule is COc1ccc(Cl)cc1N(CC(=O)N(Cc1ccc(Br)cc1)[C@H](Cc1ccccc1)C(=O)NC1CCCCC1)S(C)(=O)=O.